The fourth-order valence-corrected chi connectivity index (χ4v) is 3.24. The van der Waals surface area contributed by atoms with Gasteiger partial charge in [-0.2, -0.15) is 0 Å². The molecule has 2 aromatic carbocycles. The largest absolute Gasteiger partial charge is 0.493 e. The summed E-state index contributed by atoms with van der Waals surface area (Å²) in [4.78, 5) is 0.140. The third kappa shape index (κ3) is 4.36. The predicted molar refractivity (Wildman–Crippen MR) is 87.6 cm³/mol. The molecule has 112 valence electrons. The summed E-state index contributed by atoms with van der Waals surface area (Å²) in [6.45, 7) is 0.0615. The Bertz CT molecular complexity index is 732. The highest BCUT2D eigenvalue weighted by atomic mass is 79.9. The fourth-order valence-electron chi connectivity index (χ4n) is 1.62. The van der Waals surface area contributed by atoms with E-state index in [1.807, 2.05) is 12.1 Å². The van der Waals surface area contributed by atoms with Gasteiger partial charge in [-0.1, -0.05) is 27.5 Å². The van der Waals surface area contributed by atoms with Crippen LogP contribution in [-0.2, 0) is 9.84 Å². The summed E-state index contributed by atoms with van der Waals surface area (Å²) < 4.78 is 30.7. The minimum absolute atomic E-state index is 0.0615. The lowest BCUT2D eigenvalue weighted by atomic mass is 10.3. The summed E-state index contributed by atoms with van der Waals surface area (Å²) in [5.41, 5.74) is 5.91. The Morgan fingerprint density at radius 2 is 1.81 bits per heavy atom. The molecule has 2 N–H and O–H groups in total. The molecule has 0 aliphatic rings. The number of benzene rings is 2. The molecule has 0 radical (unpaired) electrons. The normalized spacial score (nSPS) is 11.3. The summed E-state index contributed by atoms with van der Waals surface area (Å²) in [6.07, 6.45) is 0. The van der Waals surface area contributed by atoms with Crippen molar-refractivity contribution in [1.29, 1.82) is 0 Å². The first-order valence-electron chi connectivity index (χ1n) is 6.04. The number of nitrogens with two attached hydrogens (primary N) is 1. The summed E-state index contributed by atoms with van der Waals surface area (Å²) >= 11 is 9.15. The van der Waals surface area contributed by atoms with Crippen LogP contribution < -0.4 is 10.5 Å². The highest BCUT2D eigenvalue weighted by molar-refractivity contribution is 9.10. The Morgan fingerprint density at radius 3 is 2.43 bits per heavy atom. The molecule has 0 heterocycles. The van der Waals surface area contributed by atoms with E-state index in [1.54, 1.807) is 12.1 Å². The molecule has 0 saturated heterocycles. The van der Waals surface area contributed by atoms with Crippen LogP contribution in [0.3, 0.4) is 0 Å². The minimum atomic E-state index is -3.45. The van der Waals surface area contributed by atoms with Crippen molar-refractivity contribution in [2.75, 3.05) is 18.1 Å². The van der Waals surface area contributed by atoms with Crippen LogP contribution in [0.5, 0.6) is 5.75 Å². The van der Waals surface area contributed by atoms with Crippen LogP contribution in [0.15, 0.2) is 51.8 Å². The van der Waals surface area contributed by atoms with Crippen molar-refractivity contribution in [2.24, 2.45) is 0 Å². The van der Waals surface area contributed by atoms with Crippen molar-refractivity contribution >= 4 is 43.1 Å². The molecule has 0 bridgehead atoms. The van der Waals surface area contributed by atoms with Gasteiger partial charge < -0.3 is 10.5 Å². The van der Waals surface area contributed by atoms with Crippen molar-refractivity contribution in [3.05, 3.63) is 52.0 Å². The molecule has 0 saturated carbocycles. The number of halogens is 2. The summed E-state index contributed by atoms with van der Waals surface area (Å²) in [6, 6.07) is 11.4. The van der Waals surface area contributed by atoms with Gasteiger partial charge >= 0.3 is 0 Å². The maximum absolute atomic E-state index is 12.2. The number of hydrogen-bond donors (Lipinski definition) is 1. The molecule has 0 fully saturated rings. The maximum atomic E-state index is 12.2. The lowest BCUT2D eigenvalue weighted by Gasteiger charge is -2.08. The van der Waals surface area contributed by atoms with Gasteiger partial charge in [0.05, 0.1) is 21.4 Å². The van der Waals surface area contributed by atoms with Crippen LogP contribution in [0.1, 0.15) is 0 Å². The first kappa shape index (κ1) is 16.1. The van der Waals surface area contributed by atoms with Crippen molar-refractivity contribution in [1.82, 2.24) is 0 Å². The van der Waals surface area contributed by atoms with Gasteiger partial charge in [-0.05, 0) is 42.5 Å². The van der Waals surface area contributed by atoms with Crippen LogP contribution in [0.4, 0.5) is 5.69 Å². The topological polar surface area (TPSA) is 69.4 Å². The average Bonchev–Trinajstić information content (AvgIpc) is 2.44. The van der Waals surface area contributed by atoms with E-state index in [0.717, 1.165) is 4.47 Å². The van der Waals surface area contributed by atoms with Gasteiger partial charge in [-0.25, -0.2) is 8.42 Å². The van der Waals surface area contributed by atoms with E-state index < -0.39 is 9.84 Å². The van der Waals surface area contributed by atoms with Crippen LogP contribution in [0.2, 0.25) is 5.02 Å². The molecule has 0 spiro atoms. The Labute approximate surface area is 136 Å². The van der Waals surface area contributed by atoms with Gasteiger partial charge in [0, 0.05) is 4.47 Å². The minimum Gasteiger partial charge on any atom is -0.493 e. The van der Waals surface area contributed by atoms with E-state index in [-0.39, 0.29) is 22.3 Å². The molecule has 0 aliphatic heterocycles. The van der Waals surface area contributed by atoms with Gasteiger partial charge in [0.15, 0.2) is 9.84 Å². The van der Waals surface area contributed by atoms with Crippen molar-refractivity contribution in [3.8, 4) is 5.75 Å². The Kier molecular flexibility index (Phi) is 5.13. The molecule has 4 nitrogen and oxygen atoms in total. The molecule has 0 aromatic heterocycles. The van der Waals surface area contributed by atoms with E-state index in [0.29, 0.717) is 11.4 Å². The van der Waals surface area contributed by atoms with Crippen LogP contribution in [0, 0.1) is 0 Å². The zero-order valence-corrected chi connectivity index (χ0v) is 14.1. The molecule has 0 aliphatic carbocycles. The van der Waals surface area contributed by atoms with E-state index in [9.17, 15) is 8.42 Å². The monoisotopic (exact) mass is 389 g/mol. The second-order valence-corrected chi connectivity index (χ2v) is 7.74. The highest BCUT2D eigenvalue weighted by Gasteiger charge is 2.15. The smallest absolute Gasteiger partial charge is 0.181 e. The third-order valence-electron chi connectivity index (χ3n) is 2.77. The van der Waals surface area contributed by atoms with Crippen molar-refractivity contribution in [2.45, 2.75) is 4.90 Å². The zero-order valence-electron chi connectivity index (χ0n) is 10.9. The Hall–Kier alpha value is -1.24. The van der Waals surface area contributed by atoms with E-state index in [4.69, 9.17) is 22.1 Å². The predicted octanol–water partition coefficient (Wildman–Crippen LogP) is 3.54. The second-order valence-electron chi connectivity index (χ2n) is 4.30. The molecule has 0 amide bonds. The first-order chi connectivity index (χ1) is 9.88. The molecule has 2 rings (SSSR count). The van der Waals surface area contributed by atoms with Gasteiger partial charge in [0.2, 0.25) is 0 Å². The Balaban J connectivity index is 2.01. The summed E-state index contributed by atoms with van der Waals surface area (Å²) in [7, 11) is -3.45. The van der Waals surface area contributed by atoms with Gasteiger partial charge in [-0.15, -0.1) is 0 Å². The van der Waals surface area contributed by atoms with Gasteiger partial charge in [0.25, 0.3) is 0 Å². The standard InChI is InChI=1S/C14H13BrClNO3S/c15-10-1-3-11(4-2-10)20-7-8-21(18,19)12-5-6-14(17)13(16)9-12/h1-6,9H,7-8,17H2. The SMILES string of the molecule is Nc1ccc(S(=O)(=O)CCOc2ccc(Br)cc2)cc1Cl. The highest BCUT2D eigenvalue weighted by Crippen LogP contribution is 2.23. The van der Waals surface area contributed by atoms with Gasteiger partial charge in [-0.3, -0.25) is 0 Å². The van der Waals surface area contributed by atoms with E-state index in [2.05, 4.69) is 15.9 Å². The van der Waals surface area contributed by atoms with Crippen LogP contribution in [0.25, 0.3) is 0 Å². The lowest BCUT2D eigenvalue weighted by Crippen LogP contribution is -2.14. The molecule has 21 heavy (non-hydrogen) atoms. The number of ether oxygens (including phenoxy) is 1. The average molecular weight is 391 g/mol. The molecule has 0 unspecified atom stereocenters. The van der Waals surface area contributed by atoms with Crippen LogP contribution in [-0.4, -0.2) is 20.8 Å². The molecule has 2 aromatic rings. The molecular formula is C14H13BrClNO3S. The first-order valence-corrected chi connectivity index (χ1v) is 8.87. The zero-order chi connectivity index (χ0) is 15.5. The number of anilines is 1. The van der Waals surface area contributed by atoms with E-state index in [1.165, 1.54) is 18.2 Å². The number of hydrogen-bond acceptors (Lipinski definition) is 4. The van der Waals surface area contributed by atoms with E-state index >= 15 is 0 Å². The number of rotatable bonds is 5. The molecule has 7 heteroatoms. The third-order valence-corrected chi connectivity index (χ3v) is 5.30. The van der Waals surface area contributed by atoms with Crippen molar-refractivity contribution in [3.63, 3.8) is 0 Å². The molecule has 0 atom stereocenters. The summed E-state index contributed by atoms with van der Waals surface area (Å²) in [5.74, 6) is 0.479. The Morgan fingerprint density at radius 1 is 1.14 bits per heavy atom. The lowest BCUT2D eigenvalue weighted by molar-refractivity contribution is 0.341. The van der Waals surface area contributed by atoms with Gasteiger partial charge in [0.1, 0.15) is 12.4 Å². The maximum Gasteiger partial charge on any atom is 0.181 e. The number of sulfone groups is 1. The van der Waals surface area contributed by atoms with Crippen molar-refractivity contribution < 1.29 is 13.2 Å². The quantitative estimate of drug-likeness (QED) is 0.793. The second kappa shape index (κ2) is 6.68. The molecular weight excluding hydrogens is 378 g/mol. The summed E-state index contributed by atoms with van der Waals surface area (Å²) in [5, 5.41) is 0.227. The fraction of sp³-hybridized carbons (Fsp3) is 0.143. The number of nitrogen functional groups attached to an aromatic ring is 1. The van der Waals surface area contributed by atoms with Crippen LogP contribution >= 0.6 is 27.5 Å².